The fourth-order valence-electron chi connectivity index (χ4n) is 3.24. The van der Waals surface area contributed by atoms with Crippen LogP contribution < -0.4 is 0 Å². The first-order chi connectivity index (χ1) is 13.1. The Morgan fingerprint density at radius 1 is 1.25 bits per heavy atom. The maximum Gasteiger partial charge on any atom is 0.418 e. The van der Waals surface area contributed by atoms with Crippen molar-refractivity contribution in [2.45, 2.75) is 26.4 Å². The molecule has 0 saturated heterocycles. The van der Waals surface area contributed by atoms with E-state index in [9.17, 15) is 13.9 Å². The van der Waals surface area contributed by atoms with Gasteiger partial charge in [-0.05, 0) is 56.7 Å². The zero-order valence-corrected chi connectivity index (χ0v) is 16.8. The number of ether oxygens (including phenoxy) is 1. The van der Waals surface area contributed by atoms with Crippen molar-refractivity contribution in [3.05, 3.63) is 54.4 Å². The second kappa shape index (κ2) is 6.51. The molecule has 8 heteroatoms. The summed E-state index contributed by atoms with van der Waals surface area (Å²) in [4.78, 5) is 14.3. The molecule has 2 aliphatic heterocycles. The minimum atomic E-state index is -2.95. The molecule has 0 bridgehead atoms. The highest BCUT2D eigenvalue weighted by Crippen LogP contribution is 2.45. The molecular formula is C20H23N3O4S. The zero-order chi connectivity index (χ0) is 20.1. The average Bonchev–Trinajstić information content (AvgIpc) is 3.02. The predicted molar refractivity (Wildman–Crippen MR) is 113 cm³/mol. The molecule has 0 amide bonds. The lowest BCUT2D eigenvalue weighted by atomic mass is 10.0. The summed E-state index contributed by atoms with van der Waals surface area (Å²) in [5.41, 5.74) is 1.88. The van der Waals surface area contributed by atoms with Crippen LogP contribution in [0.1, 0.15) is 26.3 Å². The summed E-state index contributed by atoms with van der Waals surface area (Å²) in [6.45, 7) is 6.00. The van der Waals surface area contributed by atoms with E-state index in [1.807, 2.05) is 68.3 Å². The van der Waals surface area contributed by atoms with Gasteiger partial charge in [0.15, 0.2) is 5.84 Å². The molecule has 3 heterocycles. The molecule has 0 atom stereocenters. The SMILES string of the molecule is CC(C)(C)OC(=O)n1ccc2cc(C3=CC=CN4CCS(O)(O)N=C34)ccc21. The van der Waals surface area contributed by atoms with E-state index in [1.54, 1.807) is 6.20 Å². The molecule has 2 aromatic rings. The van der Waals surface area contributed by atoms with E-state index in [-0.39, 0.29) is 5.75 Å². The number of amidine groups is 1. The predicted octanol–water partition coefficient (Wildman–Crippen LogP) is 4.71. The van der Waals surface area contributed by atoms with E-state index in [0.29, 0.717) is 12.4 Å². The number of hydrogen-bond donors (Lipinski definition) is 2. The molecule has 28 heavy (non-hydrogen) atoms. The van der Waals surface area contributed by atoms with Crippen LogP contribution in [0.5, 0.6) is 0 Å². The van der Waals surface area contributed by atoms with Gasteiger partial charge < -0.3 is 9.64 Å². The molecule has 7 nitrogen and oxygen atoms in total. The lowest BCUT2D eigenvalue weighted by molar-refractivity contribution is 0.0544. The fourth-order valence-corrected chi connectivity index (χ4v) is 4.25. The van der Waals surface area contributed by atoms with Crippen molar-refractivity contribution >= 4 is 39.2 Å². The number of fused-ring (bicyclic) bond motifs is 2. The topological polar surface area (TPSA) is 87.3 Å². The summed E-state index contributed by atoms with van der Waals surface area (Å²) >= 11 is 0. The van der Waals surface area contributed by atoms with Crippen molar-refractivity contribution in [2.24, 2.45) is 4.40 Å². The van der Waals surface area contributed by atoms with Crippen molar-refractivity contribution < 1.29 is 18.6 Å². The van der Waals surface area contributed by atoms with Crippen LogP contribution in [0.3, 0.4) is 0 Å². The third kappa shape index (κ3) is 3.58. The van der Waals surface area contributed by atoms with Crippen LogP contribution >= 0.6 is 10.8 Å². The number of benzene rings is 1. The van der Waals surface area contributed by atoms with Crippen molar-refractivity contribution in [3.8, 4) is 0 Å². The quantitative estimate of drug-likeness (QED) is 0.722. The molecule has 0 radical (unpaired) electrons. The molecule has 0 spiro atoms. The minimum absolute atomic E-state index is 0.228. The van der Waals surface area contributed by atoms with E-state index in [1.165, 1.54) is 4.57 Å². The number of allylic oxidation sites excluding steroid dienone is 2. The maximum absolute atomic E-state index is 12.4. The Balaban J connectivity index is 1.71. The third-order valence-electron chi connectivity index (χ3n) is 4.47. The maximum atomic E-state index is 12.4. The van der Waals surface area contributed by atoms with Crippen molar-refractivity contribution in [1.29, 1.82) is 0 Å². The van der Waals surface area contributed by atoms with Gasteiger partial charge in [0.2, 0.25) is 0 Å². The van der Waals surface area contributed by atoms with E-state index in [0.717, 1.165) is 22.0 Å². The number of aromatic nitrogens is 1. The largest absolute Gasteiger partial charge is 0.443 e. The van der Waals surface area contributed by atoms with Crippen molar-refractivity contribution in [1.82, 2.24) is 9.47 Å². The standard InChI is InChI=1S/C20H23N3O4S/c1-20(2,3)27-19(24)23-10-8-15-13-14(6-7-17(15)23)16-5-4-9-22-11-12-28(25,26)21-18(16)22/h4-10,13,25-26H,11-12H2,1-3H3. The summed E-state index contributed by atoms with van der Waals surface area (Å²) in [7, 11) is -2.95. The van der Waals surface area contributed by atoms with Crippen LogP contribution in [0.4, 0.5) is 4.79 Å². The Morgan fingerprint density at radius 3 is 2.79 bits per heavy atom. The van der Waals surface area contributed by atoms with E-state index in [2.05, 4.69) is 4.40 Å². The Morgan fingerprint density at radius 2 is 2.04 bits per heavy atom. The summed E-state index contributed by atoms with van der Waals surface area (Å²) in [6.07, 6.45) is 6.98. The highest BCUT2D eigenvalue weighted by molar-refractivity contribution is 8.23. The smallest absolute Gasteiger partial charge is 0.418 e. The molecule has 2 N–H and O–H groups in total. The first-order valence-corrected chi connectivity index (χ1v) is 10.7. The molecule has 1 aromatic carbocycles. The highest BCUT2D eigenvalue weighted by atomic mass is 32.3. The molecule has 4 rings (SSSR count). The number of carbonyl (C=O) groups is 1. The van der Waals surface area contributed by atoms with E-state index < -0.39 is 22.5 Å². The molecule has 148 valence electrons. The lowest BCUT2D eigenvalue weighted by Crippen LogP contribution is -2.36. The zero-order valence-electron chi connectivity index (χ0n) is 16.0. The van der Waals surface area contributed by atoms with E-state index in [4.69, 9.17) is 4.74 Å². The van der Waals surface area contributed by atoms with Crippen LogP contribution in [-0.2, 0) is 4.74 Å². The normalized spacial score (nSPS) is 19.7. The Labute approximate surface area is 165 Å². The second-order valence-electron chi connectivity index (χ2n) is 7.81. The molecule has 0 aliphatic carbocycles. The van der Waals surface area contributed by atoms with Gasteiger partial charge in [-0.15, -0.1) is 4.40 Å². The van der Waals surface area contributed by atoms with Crippen molar-refractivity contribution in [2.75, 3.05) is 12.3 Å². The van der Waals surface area contributed by atoms with Gasteiger partial charge in [0.05, 0.1) is 11.3 Å². The summed E-state index contributed by atoms with van der Waals surface area (Å²) < 4.78 is 31.2. The molecule has 0 saturated carbocycles. The Hall–Kier alpha value is -2.55. The lowest BCUT2D eigenvalue weighted by Gasteiger charge is -2.38. The highest BCUT2D eigenvalue weighted by Gasteiger charge is 2.28. The Bertz CT molecular complexity index is 1040. The van der Waals surface area contributed by atoms with Gasteiger partial charge in [0.25, 0.3) is 0 Å². The van der Waals surface area contributed by atoms with Crippen LogP contribution in [0.25, 0.3) is 16.5 Å². The minimum Gasteiger partial charge on any atom is -0.443 e. The first kappa shape index (κ1) is 18.8. The molecule has 0 unspecified atom stereocenters. The number of hydrogen-bond acceptors (Lipinski definition) is 6. The molecular weight excluding hydrogens is 378 g/mol. The van der Waals surface area contributed by atoms with Gasteiger partial charge in [0, 0.05) is 29.9 Å². The van der Waals surface area contributed by atoms with Crippen LogP contribution in [0.15, 0.2) is 53.2 Å². The van der Waals surface area contributed by atoms with Gasteiger partial charge >= 0.3 is 6.09 Å². The van der Waals surface area contributed by atoms with Crippen LogP contribution in [-0.4, -0.2) is 48.4 Å². The summed E-state index contributed by atoms with van der Waals surface area (Å²) in [5, 5.41) is 0.883. The summed E-state index contributed by atoms with van der Waals surface area (Å²) in [5.74, 6) is 0.783. The van der Waals surface area contributed by atoms with Gasteiger partial charge in [-0.3, -0.25) is 13.7 Å². The number of carbonyl (C=O) groups excluding carboxylic acids is 1. The van der Waals surface area contributed by atoms with E-state index >= 15 is 0 Å². The average molecular weight is 401 g/mol. The first-order valence-electron chi connectivity index (χ1n) is 8.99. The monoisotopic (exact) mass is 401 g/mol. The van der Waals surface area contributed by atoms with Gasteiger partial charge in [0.1, 0.15) is 5.60 Å². The molecule has 1 aromatic heterocycles. The van der Waals surface area contributed by atoms with Crippen LogP contribution in [0.2, 0.25) is 0 Å². The number of rotatable bonds is 1. The third-order valence-corrected chi connectivity index (χ3v) is 5.67. The van der Waals surface area contributed by atoms with Crippen LogP contribution in [0, 0.1) is 0 Å². The summed E-state index contributed by atoms with van der Waals surface area (Å²) in [6, 6.07) is 7.58. The molecule has 0 fully saturated rings. The second-order valence-corrected chi connectivity index (χ2v) is 9.66. The Kier molecular flexibility index (Phi) is 4.37. The van der Waals surface area contributed by atoms with Gasteiger partial charge in [-0.25, -0.2) is 4.79 Å². The van der Waals surface area contributed by atoms with Gasteiger partial charge in [-0.2, -0.15) is 0 Å². The number of nitrogens with zero attached hydrogens (tertiary/aromatic N) is 3. The van der Waals surface area contributed by atoms with Gasteiger partial charge in [-0.1, -0.05) is 16.8 Å². The molecule has 2 aliphatic rings. The van der Waals surface area contributed by atoms with Crippen molar-refractivity contribution in [3.63, 3.8) is 0 Å². The fraction of sp³-hybridized carbons (Fsp3) is 0.300.